The third kappa shape index (κ3) is 2.82. The first-order valence-electron chi connectivity index (χ1n) is 5.28. The van der Waals surface area contributed by atoms with Gasteiger partial charge in [0, 0.05) is 19.2 Å². The smallest absolute Gasteiger partial charge is 0.276 e. The maximum absolute atomic E-state index is 13.3. The largest absolute Gasteiger partial charge is 0.318 e. The summed E-state index contributed by atoms with van der Waals surface area (Å²) in [7, 11) is 1.38. The predicted molar refractivity (Wildman–Crippen MR) is 63.8 cm³/mol. The van der Waals surface area contributed by atoms with Gasteiger partial charge in [-0.3, -0.25) is 9.59 Å². The number of amides is 1. The van der Waals surface area contributed by atoms with Crippen molar-refractivity contribution >= 4 is 11.6 Å². The molecule has 1 amide bonds. The highest BCUT2D eigenvalue weighted by atomic mass is 19.1. The number of rotatable bonds is 2. The Labute approximate surface area is 106 Å². The van der Waals surface area contributed by atoms with E-state index in [2.05, 4.69) is 10.4 Å². The van der Waals surface area contributed by atoms with Crippen molar-refractivity contribution in [2.24, 2.45) is 7.05 Å². The summed E-state index contributed by atoms with van der Waals surface area (Å²) >= 11 is 0. The zero-order valence-electron chi connectivity index (χ0n) is 9.85. The van der Waals surface area contributed by atoms with Crippen LogP contribution in [0, 0.1) is 11.6 Å². The predicted octanol–water partition coefficient (Wildman–Crippen LogP) is 1.31. The summed E-state index contributed by atoms with van der Waals surface area (Å²) in [5, 5.41) is 5.88. The number of carbonyl (C=O) groups is 1. The summed E-state index contributed by atoms with van der Waals surface area (Å²) in [5.74, 6) is -2.18. The van der Waals surface area contributed by atoms with Gasteiger partial charge in [0.05, 0.1) is 5.69 Å². The zero-order chi connectivity index (χ0) is 14.0. The number of halogens is 2. The third-order valence-corrected chi connectivity index (χ3v) is 2.37. The van der Waals surface area contributed by atoms with Gasteiger partial charge in [0.1, 0.15) is 17.3 Å². The molecular formula is C12H9F2N3O2. The minimum atomic E-state index is -0.764. The maximum atomic E-state index is 13.3. The van der Waals surface area contributed by atoms with Crippen LogP contribution in [0.2, 0.25) is 0 Å². The first-order valence-corrected chi connectivity index (χ1v) is 5.28. The molecular weight excluding hydrogens is 256 g/mol. The van der Waals surface area contributed by atoms with Crippen molar-refractivity contribution in [1.82, 2.24) is 9.78 Å². The molecule has 0 bridgehead atoms. The van der Waals surface area contributed by atoms with Gasteiger partial charge in [0.2, 0.25) is 0 Å². The van der Waals surface area contributed by atoms with Crippen molar-refractivity contribution in [3.63, 3.8) is 0 Å². The van der Waals surface area contributed by atoms with Gasteiger partial charge in [-0.05, 0) is 18.2 Å². The highest BCUT2D eigenvalue weighted by Gasteiger charge is 2.12. The monoisotopic (exact) mass is 265 g/mol. The molecule has 5 nitrogen and oxygen atoms in total. The van der Waals surface area contributed by atoms with E-state index in [1.54, 1.807) is 0 Å². The second-order valence-electron chi connectivity index (χ2n) is 3.76. The van der Waals surface area contributed by atoms with Gasteiger partial charge in [-0.2, -0.15) is 5.10 Å². The lowest BCUT2D eigenvalue weighted by Gasteiger charge is -2.06. The molecule has 0 radical (unpaired) electrons. The van der Waals surface area contributed by atoms with Gasteiger partial charge in [0.15, 0.2) is 0 Å². The van der Waals surface area contributed by atoms with E-state index in [1.807, 2.05) is 0 Å². The average molecular weight is 265 g/mol. The second-order valence-corrected chi connectivity index (χ2v) is 3.76. The van der Waals surface area contributed by atoms with E-state index in [-0.39, 0.29) is 16.9 Å². The second kappa shape index (κ2) is 4.97. The van der Waals surface area contributed by atoms with Crippen molar-refractivity contribution in [3.05, 3.63) is 58.0 Å². The van der Waals surface area contributed by atoms with Crippen LogP contribution in [0.3, 0.4) is 0 Å². The Morgan fingerprint density at radius 3 is 2.68 bits per heavy atom. The number of carbonyl (C=O) groups excluding carboxylic acids is 1. The Morgan fingerprint density at radius 2 is 2.00 bits per heavy atom. The van der Waals surface area contributed by atoms with Gasteiger partial charge < -0.3 is 5.32 Å². The quantitative estimate of drug-likeness (QED) is 0.890. The summed E-state index contributed by atoms with van der Waals surface area (Å²) in [6.07, 6.45) is 0. The molecule has 1 N–H and O–H groups in total. The Balaban J connectivity index is 2.28. The summed E-state index contributed by atoms with van der Waals surface area (Å²) in [4.78, 5) is 22.9. The van der Waals surface area contributed by atoms with E-state index in [9.17, 15) is 18.4 Å². The SMILES string of the molecule is Cn1nc(C(=O)Nc2cc(F)ccc2F)ccc1=O. The maximum Gasteiger partial charge on any atom is 0.276 e. The number of benzene rings is 1. The van der Waals surface area contributed by atoms with Crippen LogP contribution in [0.4, 0.5) is 14.5 Å². The minimum Gasteiger partial charge on any atom is -0.318 e. The highest BCUT2D eigenvalue weighted by Crippen LogP contribution is 2.15. The highest BCUT2D eigenvalue weighted by molar-refractivity contribution is 6.02. The van der Waals surface area contributed by atoms with Gasteiger partial charge in [-0.1, -0.05) is 0 Å². The Bertz CT molecular complexity index is 698. The molecule has 1 aromatic carbocycles. The summed E-state index contributed by atoms with van der Waals surface area (Å²) < 4.78 is 27.2. The molecule has 98 valence electrons. The Morgan fingerprint density at radius 1 is 1.26 bits per heavy atom. The fourth-order valence-electron chi connectivity index (χ4n) is 1.40. The average Bonchev–Trinajstić information content (AvgIpc) is 2.37. The molecule has 0 spiro atoms. The van der Waals surface area contributed by atoms with Gasteiger partial charge in [-0.15, -0.1) is 0 Å². The van der Waals surface area contributed by atoms with Crippen molar-refractivity contribution < 1.29 is 13.6 Å². The van der Waals surface area contributed by atoms with Gasteiger partial charge in [0.25, 0.3) is 11.5 Å². The van der Waals surface area contributed by atoms with Crippen molar-refractivity contribution in [1.29, 1.82) is 0 Å². The summed E-state index contributed by atoms with van der Waals surface area (Å²) in [6.45, 7) is 0. The number of anilines is 1. The Hall–Kier alpha value is -2.57. The number of hydrogen-bond acceptors (Lipinski definition) is 3. The van der Waals surface area contributed by atoms with E-state index in [0.29, 0.717) is 0 Å². The molecule has 0 saturated carbocycles. The Kier molecular flexibility index (Phi) is 3.37. The molecule has 2 rings (SSSR count). The van der Waals surface area contributed by atoms with Crippen molar-refractivity contribution in [2.45, 2.75) is 0 Å². The molecule has 0 unspecified atom stereocenters. The molecule has 19 heavy (non-hydrogen) atoms. The van der Waals surface area contributed by atoms with Crippen LogP contribution in [0.5, 0.6) is 0 Å². The van der Waals surface area contributed by atoms with Crippen molar-refractivity contribution in [2.75, 3.05) is 5.32 Å². The van der Waals surface area contributed by atoms with Gasteiger partial charge in [-0.25, -0.2) is 13.5 Å². The van der Waals surface area contributed by atoms with Crippen LogP contribution in [-0.2, 0) is 7.05 Å². The molecule has 0 fully saturated rings. The van der Waals surface area contributed by atoms with E-state index in [0.717, 1.165) is 28.9 Å². The molecule has 0 saturated heterocycles. The summed E-state index contributed by atoms with van der Waals surface area (Å²) in [6, 6.07) is 5.06. The summed E-state index contributed by atoms with van der Waals surface area (Å²) in [5.41, 5.74) is -0.750. The number of nitrogens with one attached hydrogen (secondary N) is 1. The fraction of sp³-hybridized carbons (Fsp3) is 0.0833. The lowest BCUT2D eigenvalue weighted by Crippen LogP contribution is -2.23. The van der Waals surface area contributed by atoms with E-state index >= 15 is 0 Å². The van der Waals surface area contributed by atoms with E-state index in [1.165, 1.54) is 13.1 Å². The lowest BCUT2D eigenvalue weighted by molar-refractivity contribution is 0.101. The molecule has 7 heteroatoms. The number of aryl methyl sites for hydroxylation is 1. The fourth-order valence-corrected chi connectivity index (χ4v) is 1.40. The number of aromatic nitrogens is 2. The molecule has 1 aromatic heterocycles. The minimum absolute atomic E-state index is 0.0780. The van der Waals surface area contributed by atoms with Crippen LogP contribution in [0.1, 0.15) is 10.5 Å². The molecule has 2 aromatic rings. The third-order valence-electron chi connectivity index (χ3n) is 2.37. The molecule has 0 atom stereocenters. The first-order chi connectivity index (χ1) is 8.97. The van der Waals surface area contributed by atoms with Crippen LogP contribution in [0.15, 0.2) is 35.1 Å². The van der Waals surface area contributed by atoms with E-state index < -0.39 is 17.5 Å². The molecule has 1 heterocycles. The van der Waals surface area contributed by atoms with E-state index in [4.69, 9.17) is 0 Å². The molecule has 0 aliphatic heterocycles. The molecule has 0 aliphatic rings. The zero-order valence-corrected chi connectivity index (χ0v) is 9.85. The normalized spacial score (nSPS) is 10.3. The van der Waals surface area contributed by atoms with Crippen LogP contribution >= 0.6 is 0 Å². The topological polar surface area (TPSA) is 64.0 Å². The van der Waals surface area contributed by atoms with Crippen molar-refractivity contribution in [3.8, 4) is 0 Å². The van der Waals surface area contributed by atoms with Crippen LogP contribution in [-0.4, -0.2) is 15.7 Å². The standard InChI is InChI=1S/C12H9F2N3O2/c1-17-11(18)5-4-9(16-17)12(19)15-10-6-7(13)2-3-8(10)14/h2-6H,1H3,(H,15,19). The van der Waals surface area contributed by atoms with Crippen LogP contribution < -0.4 is 10.9 Å². The first kappa shape index (κ1) is 12.9. The number of nitrogens with zero attached hydrogens (tertiary/aromatic N) is 2. The lowest BCUT2D eigenvalue weighted by atomic mass is 10.2. The number of hydrogen-bond donors (Lipinski definition) is 1. The van der Waals surface area contributed by atoms with Crippen LogP contribution in [0.25, 0.3) is 0 Å². The molecule has 0 aliphatic carbocycles. The van der Waals surface area contributed by atoms with Gasteiger partial charge >= 0.3 is 0 Å².